The van der Waals surface area contributed by atoms with Gasteiger partial charge in [-0.1, -0.05) is 29.5 Å². The first kappa shape index (κ1) is 21.5. The van der Waals surface area contributed by atoms with Crippen molar-refractivity contribution in [1.82, 2.24) is 14.4 Å². The Morgan fingerprint density at radius 3 is 2.62 bits per heavy atom. The fraction of sp³-hybridized carbons (Fsp3) is 0.0800. The summed E-state index contributed by atoms with van der Waals surface area (Å²) in [6, 6.07) is 20.1. The first-order valence-electron chi connectivity index (χ1n) is 10.5. The van der Waals surface area contributed by atoms with Crippen molar-refractivity contribution in [2.45, 2.75) is 6.92 Å². The molecule has 9 heteroatoms. The number of nitrogen functional groups attached to an aromatic ring is 1. The van der Waals surface area contributed by atoms with E-state index in [2.05, 4.69) is 20.6 Å². The highest BCUT2D eigenvalue weighted by Gasteiger charge is 2.17. The van der Waals surface area contributed by atoms with Crippen LogP contribution in [0.15, 0.2) is 72.9 Å². The molecule has 5 rings (SSSR count). The minimum Gasteiger partial charge on any atom is -0.482 e. The average Bonchev–Trinajstić information content (AvgIpc) is 3.43. The first-order valence-corrected chi connectivity index (χ1v) is 11.4. The number of amides is 1. The number of ether oxygens (including phenoxy) is 1. The predicted octanol–water partition coefficient (Wildman–Crippen LogP) is 5.35. The lowest BCUT2D eigenvalue weighted by Gasteiger charge is -2.08. The lowest BCUT2D eigenvalue weighted by Crippen LogP contribution is -2.13. The molecule has 5 aromatic rings. The van der Waals surface area contributed by atoms with E-state index in [1.165, 1.54) is 11.3 Å². The Morgan fingerprint density at radius 1 is 1.06 bits per heavy atom. The van der Waals surface area contributed by atoms with Crippen LogP contribution in [0, 0.1) is 6.92 Å². The average molecular weight is 471 g/mol. The van der Waals surface area contributed by atoms with E-state index in [1.807, 2.05) is 60.0 Å². The standard InChI is InChI=1S/C25H22N6O2S/c1-15-23(31-21(28-15)8-5-9-22(31)33-2)20-14-27-25(34-20)29-17-12-10-16(11-13-17)24(32)30-19-7-4-3-6-18(19)26/h3-14H,26H2,1-2H3,(H,27,29)(H,30,32). The molecule has 34 heavy (non-hydrogen) atoms. The van der Waals surface area contributed by atoms with Crippen molar-refractivity contribution in [3.63, 3.8) is 0 Å². The van der Waals surface area contributed by atoms with Gasteiger partial charge >= 0.3 is 0 Å². The number of methoxy groups -OCH3 is 1. The van der Waals surface area contributed by atoms with Crippen molar-refractivity contribution in [1.29, 1.82) is 0 Å². The van der Waals surface area contributed by atoms with Crippen molar-refractivity contribution in [3.05, 3.63) is 84.2 Å². The molecule has 0 aliphatic heterocycles. The summed E-state index contributed by atoms with van der Waals surface area (Å²) in [5.74, 6) is 0.486. The molecule has 1 amide bonds. The highest BCUT2D eigenvalue weighted by atomic mass is 32.1. The van der Waals surface area contributed by atoms with Gasteiger partial charge in [0.25, 0.3) is 5.91 Å². The van der Waals surface area contributed by atoms with E-state index in [1.54, 1.807) is 31.4 Å². The van der Waals surface area contributed by atoms with Crippen LogP contribution in [0.3, 0.4) is 0 Å². The summed E-state index contributed by atoms with van der Waals surface area (Å²) in [4.78, 5) is 22.7. The maximum Gasteiger partial charge on any atom is 0.255 e. The van der Waals surface area contributed by atoms with Gasteiger partial charge in [0.2, 0.25) is 0 Å². The number of carbonyl (C=O) groups excluding carboxylic acids is 1. The molecule has 0 spiro atoms. The minimum absolute atomic E-state index is 0.224. The van der Waals surface area contributed by atoms with E-state index >= 15 is 0 Å². The molecule has 4 N–H and O–H groups in total. The summed E-state index contributed by atoms with van der Waals surface area (Å²) in [5.41, 5.74) is 11.0. The van der Waals surface area contributed by atoms with Gasteiger partial charge in [-0.15, -0.1) is 0 Å². The van der Waals surface area contributed by atoms with Crippen LogP contribution in [0.2, 0.25) is 0 Å². The van der Waals surface area contributed by atoms with Gasteiger partial charge in [-0.25, -0.2) is 9.97 Å². The van der Waals surface area contributed by atoms with Crippen molar-refractivity contribution >= 4 is 45.1 Å². The lowest BCUT2D eigenvalue weighted by molar-refractivity contribution is 0.102. The Morgan fingerprint density at radius 2 is 1.85 bits per heavy atom. The SMILES string of the molecule is COc1cccc2nc(C)c(-c3cnc(Nc4ccc(C(=O)Nc5ccccc5N)cc4)s3)n12. The number of rotatable bonds is 6. The number of thiazole rings is 1. The van der Waals surface area contributed by atoms with E-state index < -0.39 is 0 Å². The van der Waals surface area contributed by atoms with Gasteiger partial charge in [0, 0.05) is 17.4 Å². The topological polar surface area (TPSA) is 107 Å². The summed E-state index contributed by atoms with van der Waals surface area (Å²) in [6.45, 7) is 1.97. The molecular weight excluding hydrogens is 448 g/mol. The zero-order valence-corrected chi connectivity index (χ0v) is 19.4. The summed E-state index contributed by atoms with van der Waals surface area (Å²) in [7, 11) is 1.65. The van der Waals surface area contributed by atoms with Crippen LogP contribution in [-0.2, 0) is 0 Å². The quantitative estimate of drug-likeness (QED) is 0.289. The van der Waals surface area contributed by atoms with Crippen LogP contribution < -0.4 is 21.1 Å². The summed E-state index contributed by atoms with van der Waals surface area (Å²) in [6.07, 6.45) is 1.82. The maximum absolute atomic E-state index is 12.5. The molecule has 0 bridgehead atoms. The molecule has 3 heterocycles. The monoisotopic (exact) mass is 470 g/mol. The summed E-state index contributed by atoms with van der Waals surface area (Å²) in [5, 5.41) is 6.86. The molecule has 170 valence electrons. The summed E-state index contributed by atoms with van der Waals surface area (Å²) < 4.78 is 7.52. The van der Waals surface area contributed by atoms with Crippen molar-refractivity contribution < 1.29 is 9.53 Å². The van der Waals surface area contributed by atoms with Gasteiger partial charge < -0.3 is 21.1 Å². The number of anilines is 4. The zero-order chi connectivity index (χ0) is 23.7. The molecule has 0 unspecified atom stereocenters. The molecular formula is C25H22N6O2S. The molecule has 8 nitrogen and oxygen atoms in total. The number of imidazole rings is 1. The number of para-hydroxylation sites is 2. The molecule has 0 radical (unpaired) electrons. The molecule has 0 fully saturated rings. The molecule has 0 saturated carbocycles. The zero-order valence-electron chi connectivity index (χ0n) is 18.6. The number of aryl methyl sites for hydroxylation is 1. The Balaban J connectivity index is 1.34. The van der Waals surface area contributed by atoms with E-state index in [0.29, 0.717) is 22.8 Å². The van der Waals surface area contributed by atoms with Gasteiger partial charge in [-0.3, -0.25) is 9.20 Å². The molecule has 0 aliphatic rings. The van der Waals surface area contributed by atoms with Crippen LogP contribution in [0.4, 0.5) is 22.2 Å². The van der Waals surface area contributed by atoms with Gasteiger partial charge in [-0.2, -0.15) is 0 Å². The van der Waals surface area contributed by atoms with Crippen LogP contribution in [-0.4, -0.2) is 27.4 Å². The Bertz CT molecular complexity index is 1490. The second kappa shape index (κ2) is 8.87. The molecule has 0 aliphatic carbocycles. The minimum atomic E-state index is -0.224. The second-order valence-corrected chi connectivity index (χ2v) is 8.61. The van der Waals surface area contributed by atoms with Crippen LogP contribution >= 0.6 is 11.3 Å². The van der Waals surface area contributed by atoms with Crippen molar-refractivity contribution in [2.24, 2.45) is 0 Å². The number of pyridine rings is 1. The Kier molecular flexibility index (Phi) is 5.60. The number of fused-ring (bicyclic) bond motifs is 1. The van der Waals surface area contributed by atoms with Gasteiger partial charge in [0.1, 0.15) is 5.65 Å². The number of nitrogens with two attached hydrogens (primary N) is 1. The molecule has 2 aromatic carbocycles. The number of nitrogens with zero attached hydrogens (tertiary/aromatic N) is 3. The Hall–Kier alpha value is -4.37. The van der Waals surface area contributed by atoms with Crippen molar-refractivity contribution in [2.75, 3.05) is 23.5 Å². The van der Waals surface area contributed by atoms with Crippen LogP contribution in [0.1, 0.15) is 16.1 Å². The third-order valence-corrected chi connectivity index (χ3v) is 6.26. The number of benzene rings is 2. The number of hydrogen-bond acceptors (Lipinski definition) is 7. The second-order valence-electron chi connectivity index (χ2n) is 7.58. The van der Waals surface area contributed by atoms with Gasteiger partial charge in [0.15, 0.2) is 11.0 Å². The summed E-state index contributed by atoms with van der Waals surface area (Å²) >= 11 is 1.52. The Labute approximate surface area is 200 Å². The lowest BCUT2D eigenvalue weighted by atomic mass is 10.2. The third kappa shape index (κ3) is 4.04. The third-order valence-electron chi connectivity index (χ3n) is 5.34. The fourth-order valence-electron chi connectivity index (χ4n) is 3.70. The predicted molar refractivity (Wildman–Crippen MR) is 136 cm³/mol. The maximum atomic E-state index is 12.5. The molecule has 0 atom stereocenters. The van der Waals surface area contributed by atoms with E-state index in [0.717, 1.165) is 32.7 Å². The number of aromatic nitrogens is 3. The smallest absolute Gasteiger partial charge is 0.255 e. The number of nitrogens with one attached hydrogen (secondary N) is 2. The van der Waals surface area contributed by atoms with Gasteiger partial charge in [-0.05, 0) is 55.5 Å². The van der Waals surface area contributed by atoms with Crippen molar-refractivity contribution in [3.8, 4) is 16.5 Å². The van der Waals surface area contributed by atoms with Gasteiger partial charge in [0.05, 0.1) is 34.7 Å². The van der Waals surface area contributed by atoms with Crippen LogP contribution in [0.5, 0.6) is 5.88 Å². The number of carbonyl (C=O) groups is 1. The molecule has 3 aromatic heterocycles. The number of hydrogen-bond donors (Lipinski definition) is 3. The van der Waals surface area contributed by atoms with E-state index in [9.17, 15) is 4.79 Å². The van der Waals surface area contributed by atoms with E-state index in [-0.39, 0.29) is 5.91 Å². The molecule has 0 saturated heterocycles. The largest absolute Gasteiger partial charge is 0.482 e. The highest BCUT2D eigenvalue weighted by Crippen LogP contribution is 2.35. The highest BCUT2D eigenvalue weighted by molar-refractivity contribution is 7.18. The normalized spacial score (nSPS) is 10.9. The fourth-order valence-corrected chi connectivity index (χ4v) is 4.62. The first-order chi connectivity index (χ1) is 16.5. The van der Waals surface area contributed by atoms with E-state index in [4.69, 9.17) is 10.5 Å². The van der Waals surface area contributed by atoms with Crippen LogP contribution in [0.25, 0.3) is 16.2 Å².